The fraction of sp³-hybridized carbons (Fsp3) is 0.609. The monoisotopic (exact) mass is 410 g/mol. The predicted octanol–water partition coefficient (Wildman–Crippen LogP) is 3.34. The first-order valence-electron chi connectivity index (χ1n) is 11.2. The van der Waals surface area contributed by atoms with Gasteiger partial charge in [0.05, 0.1) is 6.20 Å². The summed E-state index contributed by atoms with van der Waals surface area (Å²) in [5.74, 6) is 3.02. The molecule has 2 aromatic heterocycles. The Morgan fingerprint density at radius 3 is 2.83 bits per heavy atom. The molecule has 162 valence electrons. The van der Waals surface area contributed by atoms with Crippen LogP contribution < -0.4 is 10.1 Å². The van der Waals surface area contributed by atoms with Gasteiger partial charge < -0.3 is 15.0 Å². The molecule has 7 nitrogen and oxygen atoms in total. The first-order chi connectivity index (χ1) is 14.6. The lowest BCUT2D eigenvalue weighted by molar-refractivity contribution is 0.130. The van der Waals surface area contributed by atoms with Crippen molar-refractivity contribution < 1.29 is 4.74 Å². The molecule has 30 heavy (non-hydrogen) atoms. The Morgan fingerprint density at radius 1 is 1.27 bits per heavy atom. The van der Waals surface area contributed by atoms with Gasteiger partial charge in [-0.3, -0.25) is 9.67 Å². The molecule has 1 saturated heterocycles. The van der Waals surface area contributed by atoms with E-state index in [1.165, 1.54) is 18.4 Å². The highest BCUT2D eigenvalue weighted by atomic mass is 16.5. The van der Waals surface area contributed by atoms with Crippen LogP contribution in [0.1, 0.15) is 56.1 Å². The van der Waals surface area contributed by atoms with Crippen molar-refractivity contribution >= 4 is 5.96 Å². The highest BCUT2D eigenvalue weighted by molar-refractivity contribution is 5.80. The molecule has 0 aromatic carbocycles. The summed E-state index contributed by atoms with van der Waals surface area (Å²) in [5, 5.41) is 7.83. The van der Waals surface area contributed by atoms with E-state index >= 15 is 0 Å². The first kappa shape index (κ1) is 20.7. The molecule has 0 spiro atoms. The van der Waals surface area contributed by atoms with Crippen molar-refractivity contribution in [1.82, 2.24) is 25.0 Å². The van der Waals surface area contributed by atoms with Gasteiger partial charge in [-0.15, -0.1) is 0 Å². The largest absolute Gasteiger partial charge is 0.474 e. The second kappa shape index (κ2) is 9.49. The minimum Gasteiger partial charge on any atom is -0.474 e. The predicted molar refractivity (Wildman–Crippen MR) is 119 cm³/mol. The lowest BCUT2D eigenvalue weighted by Crippen LogP contribution is -2.39. The number of hydrogen-bond acceptors (Lipinski definition) is 4. The van der Waals surface area contributed by atoms with Crippen LogP contribution in [0.3, 0.4) is 0 Å². The maximum Gasteiger partial charge on any atom is 0.213 e. The van der Waals surface area contributed by atoms with Crippen LogP contribution in [0.4, 0.5) is 0 Å². The Hall–Kier alpha value is -2.57. The van der Waals surface area contributed by atoms with E-state index < -0.39 is 0 Å². The van der Waals surface area contributed by atoms with Gasteiger partial charge in [0, 0.05) is 58.1 Å². The quantitative estimate of drug-likeness (QED) is 0.605. The standard InChI is InChI=1S/C23H34N6O/c1-17-4-6-21(7-5-17)30-22-12-18(8-10-25-22)13-26-23(24-2)29-11-9-19(16-29)20-14-27-28(3)15-20/h8,10,12,14-15,17,19,21H,4-7,9,11,13,16H2,1-3H3,(H,24,26). The van der Waals surface area contributed by atoms with Crippen LogP contribution >= 0.6 is 0 Å². The lowest BCUT2D eigenvalue weighted by atomic mass is 9.89. The fourth-order valence-electron chi connectivity index (χ4n) is 4.53. The second-order valence-electron chi connectivity index (χ2n) is 8.78. The van der Waals surface area contributed by atoms with E-state index in [1.54, 1.807) is 0 Å². The summed E-state index contributed by atoms with van der Waals surface area (Å²) < 4.78 is 8.03. The number of rotatable bonds is 5. The van der Waals surface area contributed by atoms with Crippen LogP contribution in [0.5, 0.6) is 5.88 Å². The van der Waals surface area contributed by atoms with Crippen LogP contribution in [0.2, 0.25) is 0 Å². The Balaban J connectivity index is 1.30. The molecule has 1 N–H and O–H groups in total. The zero-order valence-electron chi connectivity index (χ0n) is 18.4. The number of aliphatic imine (C=N–C) groups is 1. The Bertz CT molecular complexity index is 855. The van der Waals surface area contributed by atoms with Gasteiger partial charge in [0.1, 0.15) is 6.10 Å². The molecule has 1 aliphatic heterocycles. The first-order valence-corrected chi connectivity index (χ1v) is 11.2. The van der Waals surface area contributed by atoms with Gasteiger partial charge in [-0.2, -0.15) is 5.10 Å². The SMILES string of the molecule is CN=C(NCc1ccnc(OC2CCC(C)CC2)c1)N1CCC(c2cnn(C)c2)C1. The van der Waals surface area contributed by atoms with E-state index in [1.807, 2.05) is 37.2 Å². The minimum atomic E-state index is 0.304. The molecule has 7 heteroatoms. The Morgan fingerprint density at radius 2 is 2.10 bits per heavy atom. The zero-order valence-corrected chi connectivity index (χ0v) is 18.4. The summed E-state index contributed by atoms with van der Waals surface area (Å²) in [6.07, 6.45) is 12.1. The van der Waals surface area contributed by atoms with Crippen molar-refractivity contribution in [2.75, 3.05) is 20.1 Å². The Kier molecular flexibility index (Phi) is 6.55. The minimum absolute atomic E-state index is 0.304. The number of nitrogens with zero attached hydrogens (tertiary/aromatic N) is 5. The van der Waals surface area contributed by atoms with Crippen molar-refractivity contribution in [3.63, 3.8) is 0 Å². The van der Waals surface area contributed by atoms with Crippen LogP contribution in [-0.4, -0.2) is 51.9 Å². The molecule has 1 unspecified atom stereocenters. The number of pyridine rings is 1. The molecular weight excluding hydrogens is 376 g/mol. The van der Waals surface area contributed by atoms with Gasteiger partial charge in [0.2, 0.25) is 5.88 Å². The molecule has 2 fully saturated rings. The topological polar surface area (TPSA) is 67.6 Å². The third kappa shape index (κ3) is 5.12. The smallest absolute Gasteiger partial charge is 0.213 e. The number of guanidine groups is 1. The zero-order chi connectivity index (χ0) is 20.9. The fourth-order valence-corrected chi connectivity index (χ4v) is 4.53. The molecule has 3 heterocycles. The van der Waals surface area contributed by atoms with Gasteiger partial charge >= 0.3 is 0 Å². The summed E-state index contributed by atoms with van der Waals surface area (Å²) in [6, 6.07) is 4.10. The number of ether oxygens (including phenoxy) is 1. The van der Waals surface area contributed by atoms with Crippen LogP contribution in [0, 0.1) is 5.92 Å². The van der Waals surface area contributed by atoms with Crippen LogP contribution in [-0.2, 0) is 13.6 Å². The summed E-state index contributed by atoms with van der Waals surface area (Å²) in [4.78, 5) is 11.3. The Labute approximate surface area is 179 Å². The molecule has 0 radical (unpaired) electrons. The number of aromatic nitrogens is 3. The molecular formula is C23H34N6O. The van der Waals surface area contributed by atoms with Crippen LogP contribution in [0.25, 0.3) is 0 Å². The highest BCUT2D eigenvalue weighted by Crippen LogP contribution is 2.28. The van der Waals surface area contributed by atoms with Gasteiger partial charge in [0.15, 0.2) is 5.96 Å². The van der Waals surface area contributed by atoms with Crippen molar-refractivity contribution in [1.29, 1.82) is 0 Å². The molecule has 1 aliphatic carbocycles. The number of hydrogen-bond donors (Lipinski definition) is 1. The van der Waals surface area contributed by atoms with Crippen molar-refractivity contribution in [3.05, 3.63) is 41.9 Å². The van der Waals surface area contributed by atoms with E-state index in [0.717, 1.165) is 55.7 Å². The molecule has 2 aromatic rings. The molecule has 0 bridgehead atoms. The average molecular weight is 411 g/mol. The maximum atomic E-state index is 6.15. The van der Waals surface area contributed by atoms with E-state index in [2.05, 4.69) is 44.5 Å². The van der Waals surface area contributed by atoms with Crippen LogP contribution in [0.15, 0.2) is 35.7 Å². The van der Waals surface area contributed by atoms with Crippen molar-refractivity contribution in [3.8, 4) is 5.88 Å². The van der Waals surface area contributed by atoms with Crippen molar-refractivity contribution in [2.24, 2.45) is 18.0 Å². The molecule has 1 atom stereocenters. The molecule has 4 rings (SSSR count). The van der Waals surface area contributed by atoms with E-state index in [9.17, 15) is 0 Å². The number of nitrogens with one attached hydrogen (secondary N) is 1. The molecule has 0 amide bonds. The van der Waals surface area contributed by atoms with Gasteiger partial charge in [-0.25, -0.2) is 4.98 Å². The number of aryl methyl sites for hydroxylation is 1. The van der Waals surface area contributed by atoms with Gasteiger partial charge in [0.25, 0.3) is 0 Å². The summed E-state index contributed by atoms with van der Waals surface area (Å²) in [6.45, 7) is 5.01. The van der Waals surface area contributed by atoms with E-state index in [4.69, 9.17) is 4.74 Å². The third-order valence-corrected chi connectivity index (χ3v) is 6.40. The molecule has 1 saturated carbocycles. The normalized spacial score (nSPS) is 24.8. The van der Waals surface area contributed by atoms with Gasteiger partial charge in [-0.1, -0.05) is 6.92 Å². The average Bonchev–Trinajstić information content (AvgIpc) is 3.40. The second-order valence-corrected chi connectivity index (χ2v) is 8.78. The maximum absolute atomic E-state index is 6.15. The summed E-state index contributed by atoms with van der Waals surface area (Å²) in [5.41, 5.74) is 2.47. The van der Waals surface area contributed by atoms with Gasteiger partial charge in [-0.05, 0) is 55.2 Å². The highest BCUT2D eigenvalue weighted by Gasteiger charge is 2.27. The molecule has 2 aliphatic rings. The number of likely N-dealkylation sites (tertiary alicyclic amines) is 1. The van der Waals surface area contributed by atoms with Crippen molar-refractivity contribution in [2.45, 2.75) is 57.6 Å². The lowest BCUT2D eigenvalue weighted by Gasteiger charge is -2.26. The van der Waals surface area contributed by atoms with E-state index in [0.29, 0.717) is 18.6 Å². The summed E-state index contributed by atoms with van der Waals surface area (Å²) >= 11 is 0. The summed E-state index contributed by atoms with van der Waals surface area (Å²) in [7, 11) is 3.82. The van der Waals surface area contributed by atoms with E-state index in [-0.39, 0.29) is 0 Å². The third-order valence-electron chi connectivity index (χ3n) is 6.40.